The summed E-state index contributed by atoms with van der Waals surface area (Å²) in [6.45, 7) is 5.02. The Morgan fingerprint density at radius 2 is 2.15 bits per heavy atom. The largest absolute Gasteiger partial charge is 0.387 e. The second-order valence-electron chi connectivity index (χ2n) is 6.77. The number of nitrogens with zero attached hydrogens (tertiary/aromatic N) is 5. The number of aliphatic hydroxyl groups excluding tert-OH is 1. The van der Waals surface area contributed by atoms with Crippen molar-refractivity contribution in [3.05, 3.63) is 63.5 Å². The highest BCUT2D eigenvalue weighted by Crippen LogP contribution is 2.20. The van der Waals surface area contributed by atoms with E-state index >= 15 is 0 Å². The number of carbonyl (C=O) groups excluding carboxylic acids is 1. The number of hydrogen-bond donors (Lipinski definition) is 1. The Bertz CT molecular complexity index is 1080. The molecule has 8 heteroatoms. The molecule has 1 atom stereocenters. The van der Waals surface area contributed by atoms with Gasteiger partial charge in [0.25, 0.3) is 11.5 Å². The predicted octanol–water partition coefficient (Wildman–Crippen LogP) is 1.30. The van der Waals surface area contributed by atoms with E-state index in [4.69, 9.17) is 0 Å². The van der Waals surface area contributed by atoms with Crippen molar-refractivity contribution in [3.8, 4) is 0 Å². The van der Waals surface area contributed by atoms with Crippen molar-refractivity contribution >= 4 is 11.6 Å². The van der Waals surface area contributed by atoms with Gasteiger partial charge in [-0.05, 0) is 31.5 Å². The van der Waals surface area contributed by atoms with Crippen LogP contribution < -0.4 is 5.56 Å². The highest BCUT2D eigenvalue weighted by molar-refractivity contribution is 5.93. The first-order chi connectivity index (χ1) is 13.0. The molecule has 0 bridgehead atoms. The topological polar surface area (TPSA) is 92.7 Å². The van der Waals surface area contributed by atoms with E-state index in [-0.39, 0.29) is 17.0 Å². The van der Waals surface area contributed by atoms with Crippen LogP contribution in [0.25, 0.3) is 5.65 Å². The summed E-state index contributed by atoms with van der Waals surface area (Å²) in [7, 11) is 0. The van der Waals surface area contributed by atoms with E-state index in [1.807, 2.05) is 36.7 Å². The third-order valence-electron chi connectivity index (χ3n) is 4.99. The molecule has 1 N–H and O–H groups in total. The zero-order valence-corrected chi connectivity index (χ0v) is 15.3. The van der Waals surface area contributed by atoms with Gasteiger partial charge in [-0.3, -0.25) is 18.7 Å². The number of carbonyl (C=O) groups is 1. The Hall–Kier alpha value is -3.00. The lowest BCUT2D eigenvalue weighted by molar-refractivity contribution is 0.0703. The van der Waals surface area contributed by atoms with E-state index in [0.717, 1.165) is 11.4 Å². The Labute approximate surface area is 155 Å². The quantitative estimate of drug-likeness (QED) is 0.753. The third-order valence-corrected chi connectivity index (χ3v) is 4.99. The minimum absolute atomic E-state index is 0.0589. The highest BCUT2D eigenvalue weighted by atomic mass is 16.3. The van der Waals surface area contributed by atoms with Crippen LogP contribution in [0.1, 0.15) is 46.9 Å². The fraction of sp³-hybridized carbons (Fsp3) is 0.368. The number of aromatic nitrogens is 4. The van der Waals surface area contributed by atoms with Crippen molar-refractivity contribution in [1.29, 1.82) is 0 Å². The van der Waals surface area contributed by atoms with Gasteiger partial charge in [-0.1, -0.05) is 13.0 Å². The van der Waals surface area contributed by atoms with Crippen molar-refractivity contribution in [2.24, 2.45) is 0 Å². The number of pyridine rings is 1. The highest BCUT2D eigenvalue weighted by Gasteiger charge is 2.26. The fourth-order valence-electron chi connectivity index (χ4n) is 3.43. The second-order valence-corrected chi connectivity index (χ2v) is 6.77. The molecule has 4 rings (SSSR count). The first-order valence-electron chi connectivity index (χ1n) is 9.01. The second kappa shape index (κ2) is 6.62. The molecule has 0 aliphatic carbocycles. The molecule has 0 aromatic carbocycles. The molecule has 8 nitrogen and oxygen atoms in total. The van der Waals surface area contributed by atoms with E-state index in [1.165, 1.54) is 10.6 Å². The van der Waals surface area contributed by atoms with Gasteiger partial charge in [0.05, 0.1) is 30.6 Å². The molecular formula is C19H21N5O3. The number of hydrogen-bond acceptors (Lipinski definition) is 5. The van der Waals surface area contributed by atoms with Gasteiger partial charge in [0, 0.05) is 18.4 Å². The van der Waals surface area contributed by atoms with E-state index in [9.17, 15) is 14.7 Å². The molecule has 140 valence electrons. The Kier molecular flexibility index (Phi) is 4.27. The number of aryl methyl sites for hydroxylation is 1. The molecule has 0 saturated carbocycles. The van der Waals surface area contributed by atoms with Crippen LogP contribution in [0.15, 0.2) is 35.3 Å². The van der Waals surface area contributed by atoms with E-state index in [1.54, 1.807) is 11.0 Å². The molecule has 27 heavy (non-hydrogen) atoms. The van der Waals surface area contributed by atoms with Gasteiger partial charge in [-0.2, -0.15) is 5.10 Å². The first-order valence-corrected chi connectivity index (χ1v) is 9.01. The van der Waals surface area contributed by atoms with Crippen molar-refractivity contribution in [2.75, 3.05) is 6.54 Å². The monoisotopic (exact) mass is 367 g/mol. The maximum Gasteiger partial charge on any atom is 0.270 e. The van der Waals surface area contributed by atoms with Crippen LogP contribution >= 0.6 is 0 Å². The molecule has 0 saturated heterocycles. The predicted molar refractivity (Wildman–Crippen MR) is 98.4 cm³/mol. The molecule has 3 aromatic heterocycles. The lowest BCUT2D eigenvalue weighted by Gasteiger charge is -2.27. The average Bonchev–Trinajstić information content (AvgIpc) is 3.10. The molecule has 0 spiro atoms. The Morgan fingerprint density at radius 1 is 1.33 bits per heavy atom. The number of fused-ring (bicyclic) bond motifs is 2. The van der Waals surface area contributed by atoms with Gasteiger partial charge in [-0.25, -0.2) is 4.98 Å². The van der Waals surface area contributed by atoms with Crippen LogP contribution in [0.3, 0.4) is 0 Å². The summed E-state index contributed by atoms with van der Waals surface area (Å²) in [6.07, 6.45) is 1.33. The molecule has 1 aliphatic heterocycles. The fourth-order valence-corrected chi connectivity index (χ4v) is 3.43. The van der Waals surface area contributed by atoms with Crippen LogP contribution in [0.5, 0.6) is 0 Å². The van der Waals surface area contributed by atoms with Crippen LogP contribution in [-0.4, -0.2) is 41.6 Å². The maximum absolute atomic E-state index is 13.0. The lowest BCUT2D eigenvalue weighted by atomic mass is 10.2. The van der Waals surface area contributed by atoms with Gasteiger partial charge in [0.2, 0.25) is 0 Å². The van der Waals surface area contributed by atoms with Crippen LogP contribution in [0, 0.1) is 6.92 Å². The Balaban J connectivity index is 1.65. The SMILES string of the molecule is CC[C@H](O)c1cc2n(n1)CCN(C(=O)c1cnc3cccc(C)n3c1=O)C2. The number of rotatable bonds is 3. The van der Waals surface area contributed by atoms with Gasteiger partial charge in [0.1, 0.15) is 11.2 Å². The smallest absolute Gasteiger partial charge is 0.270 e. The average molecular weight is 367 g/mol. The third kappa shape index (κ3) is 2.91. The molecule has 1 amide bonds. The van der Waals surface area contributed by atoms with Gasteiger partial charge < -0.3 is 10.0 Å². The van der Waals surface area contributed by atoms with Gasteiger partial charge in [-0.15, -0.1) is 0 Å². The van der Waals surface area contributed by atoms with Crippen molar-refractivity contribution < 1.29 is 9.90 Å². The molecule has 0 unspecified atom stereocenters. The number of amides is 1. The Morgan fingerprint density at radius 3 is 2.93 bits per heavy atom. The minimum Gasteiger partial charge on any atom is -0.387 e. The van der Waals surface area contributed by atoms with E-state index in [0.29, 0.717) is 37.4 Å². The molecule has 4 heterocycles. The van der Waals surface area contributed by atoms with Crippen LogP contribution in [0.2, 0.25) is 0 Å². The van der Waals surface area contributed by atoms with E-state index in [2.05, 4.69) is 10.1 Å². The summed E-state index contributed by atoms with van der Waals surface area (Å²) in [6, 6.07) is 7.20. The summed E-state index contributed by atoms with van der Waals surface area (Å²) in [5.41, 5.74) is 2.42. The maximum atomic E-state index is 13.0. The molecule has 1 aliphatic rings. The van der Waals surface area contributed by atoms with Crippen LogP contribution in [0.4, 0.5) is 0 Å². The normalized spacial score (nSPS) is 15.0. The summed E-state index contributed by atoms with van der Waals surface area (Å²) in [5, 5.41) is 14.4. The lowest BCUT2D eigenvalue weighted by Crippen LogP contribution is -2.41. The standard InChI is InChI=1S/C19H21N5O3/c1-3-16(25)15-9-13-11-22(7-8-23(13)21-15)18(26)14-10-20-17-6-4-5-12(2)24(17)19(14)27/h4-6,9-10,16,25H,3,7-8,11H2,1-2H3/t16-/m0/s1. The molecule has 3 aromatic rings. The zero-order chi connectivity index (χ0) is 19.1. The molecule has 0 fully saturated rings. The number of aliphatic hydroxyl groups is 1. The first kappa shape index (κ1) is 17.4. The summed E-state index contributed by atoms with van der Waals surface area (Å²) in [4.78, 5) is 31.7. The van der Waals surface area contributed by atoms with Crippen molar-refractivity contribution in [1.82, 2.24) is 24.1 Å². The van der Waals surface area contributed by atoms with Gasteiger partial charge in [0.15, 0.2) is 0 Å². The van der Waals surface area contributed by atoms with Crippen molar-refractivity contribution in [3.63, 3.8) is 0 Å². The summed E-state index contributed by atoms with van der Waals surface area (Å²) < 4.78 is 3.27. The van der Waals surface area contributed by atoms with Gasteiger partial charge >= 0.3 is 0 Å². The van der Waals surface area contributed by atoms with Crippen molar-refractivity contribution in [2.45, 2.75) is 39.5 Å². The zero-order valence-electron chi connectivity index (χ0n) is 15.3. The molecular weight excluding hydrogens is 346 g/mol. The van der Waals surface area contributed by atoms with E-state index < -0.39 is 6.10 Å². The van der Waals surface area contributed by atoms with Crippen LogP contribution in [-0.2, 0) is 13.1 Å². The molecule has 0 radical (unpaired) electrons. The minimum atomic E-state index is -0.607. The summed E-state index contributed by atoms with van der Waals surface area (Å²) >= 11 is 0. The summed E-state index contributed by atoms with van der Waals surface area (Å²) in [5.74, 6) is -0.338.